The second kappa shape index (κ2) is 10.6. The lowest BCUT2D eigenvalue weighted by Crippen LogP contribution is -2.32. The van der Waals surface area contributed by atoms with Gasteiger partial charge in [0.1, 0.15) is 12.4 Å². The average Bonchev–Trinajstić information content (AvgIpc) is 3.28. The highest BCUT2D eigenvalue weighted by atomic mass is 19.1. The van der Waals surface area contributed by atoms with Gasteiger partial charge in [0.05, 0.1) is 13.7 Å². The smallest absolute Gasteiger partial charge is 0.258 e. The maximum atomic E-state index is 13.6. The molecule has 0 spiro atoms. The van der Waals surface area contributed by atoms with Gasteiger partial charge in [0.15, 0.2) is 35.4 Å². The van der Waals surface area contributed by atoms with Crippen LogP contribution >= 0.6 is 0 Å². The Kier molecular flexibility index (Phi) is 7.15. The molecule has 1 amide bonds. The molecule has 10 nitrogen and oxygen atoms in total. The third-order valence-electron chi connectivity index (χ3n) is 4.92. The summed E-state index contributed by atoms with van der Waals surface area (Å²) >= 11 is 0. The molecule has 4 aromatic rings. The molecular formula is C24H22FN5O5. The molecule has 1 N–H and O–H groups in total. The number of Topliss-reactive ketones (excluding diaryl/α,β-unsaturated/α-hetero) is 1. The fourth-order valence-electron chi connectivity index (χ4n) is 3.20. The molecular weight excluding hydrogens is 457 g/mol. The predicted molar refractivity (Wildman–Crippen MR) is 123 cm³/mol. The Morgan fingerprint density at radius 1 is 1.03 bits per heavy atom. The second-order valence-corrected chi connectivity index (χ2v) is 7.38. The van der Waals surface area contributed by atoms with Gasteiger partial charge in [-0.2, -0.15) is 4.52 Å². The topological polar surface area (TPSA) is 117 Å². The number of ketones is 1. The number of rotatable bonds is 10. The maximum absolute atomic E-state index is 13.6. The van der Waals surface area contributed by atoms with E-state index in [0.29, 0.717) is 34.1 Å². The Labute approximate surface area is 199 Å². The quantitative estimate of drug-likeness (QED) is 0.273. The lowest BCUT2D eigenvalue weighted by atomic mass is 10.1. The van der Waals surface area contributed by atoms with E-state index in [-0.39, 0.29) is 37.3 Å². The van der Waals surface area contributed by atoms with E-state index < -0.39 is 5.82 Å². The number of hydrogen-bond donors (Lipinski definition) is 1. The number of carbonyl (C=O) groups is 2. The average molecular weight is 479 g/mol. The normalized spacial score (nSPS) is 10.7. The van der Waals surface area contributed by atoms with Crippen LogP contribution in [0.2, 0.25) is 0 Å². The van der Waals surface area contributed by atoms with Gasteiger partial charge < -0.3 is 19.5 Å². The summed E-state index contributed by atoms with van der Waals surface area (Å²) in [5, 5.41) is 15.1. The van der Waals surface area contributed by atoms with Gasteiger partial charge >= 0.3 is 0 Å². The molecule has 0 fully saturated rings. The minimum absolute atomic E-state index is 0.101. The van der Waals surface area contributed by atoms with Gasteiger partial charge in [-0.3, -0.25) is 9.59 Å². The molecule has 0 aliphatic heterocycles. The zero-order valence-electron chi connectivity index (χ0n) is 19.0. The molecule has 2 aromatic heterocycles. The first-order valence-corrected chi connectivity index (χ1v) is 10.6. The van der Waals surface area contributed by atoms with Crippen LogP contribution in [0.1, 0.15) is 17.3 Å². The van der Waals surface area contributed by atoms with Crippen molar-refractivity contribution in [2.24, 2.45) is 0 Å². The predicted octanol–water partition coefficient (Wildman–Crippen LogP) is 2.72. The van der Waals surface area contributed by atoms with Crippen molar-refractivity contribution in [3.05, 3.63) is 66.0 Å². The molecule has 0 bridgehead atoms. The standard InChI is InChI=1S/C24H22FN5O5/c1-15(31)16-6-7-19(20(13-16)33-2)35-14-22(32)26-10-11-34-23-9-8-21-27-28-24(30(21)29-23)17-4-3-5-18(25)12-17/h3-9,12-13H,10-11,14H2,1-2H3,(H,26,32). The number of hydrogen-bond acceptors (Lipinski definition) is 8. The number of amides is 1. The summed E-state index contributed by atoms with van der Waals surface area (Å²) in [6.07, 6.45) is 0. The molecule has 0 aliphatic carbocycles. The molecule has 0 atom stereocenters. The third kappa shape index (κ3) is 5.69. The van der Waals surface area contributed by atoms with Gasteiger partial charge in [-0.25, -0.2) is 4.39 Å². The third-order valence-corrected chi connectivity index (χ3v) is 4.92. The Balaban J connectivity index is 1.29. The van der Waals surface area contributed by atoms with Crippen LogP contribution in [-0.2, 0) is 4.79 Å². The largest absolute Gasteiger partial charge is 0.493 e. The second-order valence-electron chi connectivity index (χ2n) is 7.38. The van der Waals surface area contributed by atoms with Gasteiger partial charge in [-0.15, -0.1) is 15.3 Å². The van der Waals surface area contributed by atoms with Crippen molar-refractivity contribution < 1.29 is 28.2 Å². The first-order valence-electron chi connectivity index (χ1n) is 10.6. The van der Waals surface area contributed by atoms with E-state index in [0.717, 1.165) is 0 Å². The van der Waals surface area contributed by atoms with Crippen molar-refractivity contribution >= 4 is 17.3 Å². The first-order chi connectivity index (χ1) is 16.9. The van der Waals surface area contributed by atoms with Crippen molar-refractivity contribution in [2.75, 3.05) is 26.9 Å². The van der Waals surface area contributed by atoms with E-state index in [1.165, 1.54) is 30.7 Å². The number of fused-ring (bicyclic) bond motifs is 1. The van der Waals surface area contributed by atoms with Gasteiger partial charge in [-0.1, -0.05) is 12.1 Å². The molecule has 0 aliphatic rings. The molecule has 0 radical (unpaired) electrons. The van der Waals surface area contributed by atoms with E-state index in [4.69, 9.17) is 14.2 Å². The Hall–Kier alpha value is -4.54. The summed E-state index contributed by atoms with van der Waals surface area (Å²) in [5.74, 6) is 0.528. The molecule has 2 heterocycles. The van der Waals surface area contributed by atoms with Gasteiger partial charge in [-0.05, 0) is 43.3 Å². The lowest BCUT2D eigenvalue weighted by Gasteiger charge is -2.12. The van der Waals surface area contributed by atoms with Crippen LogP contribution in [0.5, 0.6) is 17.4 Å². The number of nitrogens with one attached hydrogen (secondary N) is 1. The van der Waals surface area contributed by atoms with Crippen LogP contribution in [0, 0.1) is 5.82 Å². The molecule has 0 unspecified atom stereocenters. The van der Waals surface area contributed by atoms with Crippen LogP contribution in [-0.4, -0.2) is 58.4 Å². The highest BCUT2D eigenvalue weighted by Crippen LogP contribution is 2.28. The fraction of sp³-hybridized carbons (Fsp3) is 0.208. The van der Waals surface area contributed by atoms with Crippen LogP contribution in [0.4, 0.5) is 4.39 Å². The van der Waals surface area contributed by atoms with Gasteiger partial charge in [0.2, 0.25) is 5.88 Å². The van der Waals surface area contributed by atoms with E-state index in [2.05, 4.69) is 20.6 Å². The van der Waals surface area contributed by atoms with E-state index in [9.17, 15) is 14.0 Å². The number of nitrogens with zero attached hydrogens (tertiary/aromatic N) is 4. The Morgan fingerprint density at radius 2 is 1.89 bits per heavy atom. The molecule has 0 saturated carbocycles. The molecule has 4 rings (SSSR count). The summed E-state index contributed by atoms with van der Waals surface area (Å²) in [6, 6.07) is 14.0. The fourth-order valence-corrected chi connectivity index (χ4v) is 3.20. The SMILES string of the molecule is COc1cc(C(C)=O)ccc1OCC(=O)NCCOc1ccc2nnc(-c3cccc(F)c3)n2n1. The zero-order valence-corrected chi connectivity index (χ0v) is 19.0. The maximum Gasteiger partial charge on any atom is 0.258 e. The van der Waals surface area contributed by atoms with Crippen molar-refractivity contribution in [1.29, 1.82) is 0 Å². The van der Waals surface area contributed by atoms with E-state index in [1.807, 2.05) is 0 Å². The molecule has 2 aromatic carbocycles. The van der Waals surface area contributed by atoms with Crippen LogP contribution < -0.4 is 19.5 Å². The van der Waals surface area contributed by atoms with Crippen molar-refractivity contribution in [1.82, 2.24) is 25.1 Å². The summed E-state index contributed by atoms with van der Waals surface area (Å²) in [4.78, 5) is 23.6. The number of methoxy groups -OCH3 is 1. The summed E-state index contributed by atoms with van der Waals surface area (Å²) < 4.78 is 31.4. The molecule has 180 valence electrons. The number of benzene rings is 2. The molecule has 35 heavy (non-hydrogen) atoms. The molecule has 0 saturated heterocycles. The molecule has 11 heteroatoms. The van der Waals surface area contributed by atoms with Crippen LogP contribution in [0.15, 0.2) is 54.6 Å². The highest BCUT2D eigenvalue weighted by Gasteiger charge is 2.12. The Morgan fingerprint density at radius 3 is 2.66 bits per heavy atom. The summed E-state index contributed by atoms with van der Waals surface area (Å²) in [6.45, 7) is 1.57. The van der Waals surface area contributed by atoms with Crippen LogP contribution in [0.3, 0.4) is 0 Å². The number of carbonyl (C=O) groups excluding carboxylic acids is 2. The van der Waals surface area contributed by atoms with Gasteiger partial charge in [0.25, 0.3) is 5.91 Å². The van der Waals surface area contributed by atoms with Crippen LogP contribution in [0.25, 0.3) is 17.0 Å². The highest BCUT2D eigenvalue weighted by molar-refractivity contribution is 5.94. The van der Waals surface area contributed by atoms with Crippen molar-refractivity contribution in [3.8, 4) is 28.8 Å². The first kappa shape index (κ1) is 23.6. The number of ether oxygens (including phenoxy) is 3. The number of halogens is 1. The minimum Gasteiger partial charge on any atom is -0.493 e. The summed E-state index contributed by atoms with van der Waals surface area (Å²) in [7, 11) is 1.45. The monoisotopic (exact) mass is 479 g/mol. The van der Waals surface area contributed by atoms with Crippen molar-refractivity contribution in [3.63, 3.8) is 0 Å². The van der Waals surface area contributed by atoms with E-state index in [1.54, 1.807) is 42.5 Å². The minimum atomic E-state index is -0.391. The van der Waals surface area contributed by atoms with Gasteiger partial charge in [0, 0.05) is 17.2 Å². The summed E-state index contributed by atoms with van der Waals surface area (Å²) in [5.41, 5.74) is 1.49. The lowest BCUT2D eigenvalue weighted by molar-refractivity contribution is -0.123. The van der Waals surface area contributed by atoms with Crippen molar-refractivity contribution in [2.45, 2.75) is 6.92 Å². The zero-order chi connectivity index (χ0) is 24.8. The number of aromatic nitrogens is 4. The van der Waals surface area contributed by atoms with E-state index >= 15 is 0 Å². The Bertz CT molecular complexity index is 1370.